The number of anilines is 1. The van der Waals surface area contributed by atoms with Gasteiger partial charge < -0.3 is 14.4 Å². The number of morpholine rings is 1. The van der Waals surface area contributed by atoms with E-state index in [1.807, 2.05) is 38.1 Å². The van der Waals surface area contributed by atoms with Crippen LogP contribution in [0.4, 0.5) is 5.69 Å². The Morgan fingerprint density at radius 1 is 1.21 bits per heavy atom. The molecule has 0 amide bonds. The summed E-state index contributed by atoms with van der Waals surface area (Å²) in [5.74, 6) is 0.791. The molecule has 0 bridgehead atoms. The Morgan fingerprint density at radius 3 is 2.72 bits per heavy atom. The van der Waals surface area contributed by atoms with Crippen molar-refractivity contribution in [2.45, 2.75) is 38.8 Å². The molecule has 1 saturated carbocycles. The Balaban J connectivity index is 1.63. The van der Waals surface area contributed by atoms with Gasteiger partial charge in [-0.25, -0.2) is 4.68 Å². The maximum absolute atomic E-state index is 13.1. The van der Waals surface area contributed by atoms with Gasteiger partial charge in [-0.15, -0.1) is 0 Å². The summed E-state index contributed by atoms with van der Waals surface area (Å²) in [6, 6.07) is 7.94. The van der Waals surface area contributed by atoms with E-state index in [4.69, 9.17) is 14.6 Å². The molecule has 8 heteroatoms. The van der Waals surface area contributed by atoms with Gasteiger partial charge in [0.25, 0.3) is 5.56 Å². The van der Waals surface area contributed by atoms with Crippen molar-refractivity contribution < 1.29 is 9.47 Å². The summed E-state index contributed by atoms with van der Waals surface area (Å²) in [4.78, 5) is 15.2. The lowest BCUT2D eigenvalue weighted by molar-refractivity contribution is 0.122. The molecule has 2 aliphatic rings. The van der Waals surface area contributed by atoms with Crippen LogP contribution in [-0.4, -0.2) is 52.4 Å². The second kappa shape index (κ2) is 7.18. The van der Waals surface area contributed by atoms with E-state index < -0.39 is 0 Å². The van der Waals surface area contributed by atoms with Gasteiger partial charge in [-0.1, -0.05) is 0 Å². The molecule has 8 nitrogen and oxygen atoms in total. The zero-order valence-corrected chi connectivity index (χ0v) is 16.7. The Hall–Kier alpha value is -2.87. The molecule has 0 spiro atoms. The molecule has 1 aliphatic carbocycles. The zero-order valence-electron chi connectivity index (χ0n) is 16.7. The number of aromatic nitrogens is 4. The minimum atomic E-state index is -0.0261. The van der Waals surface area contributed by atoms with Gasteiger partial charge in [0.15, 0.2) is 0 Å². The highest BCUT2D eigenvalue weighted by Gasteiger charge is 2.29. The third-order valence-corrected chi connectivity index (χ3v) is 5.31. The van der Waals surface area contributed by atoms with Crippen molar-refractivity contribution in [3.63, 3.8) is 0 Å². The standard InChI is InChI=1S/C21H25N5O3/c1-13(2)29-15-5-6-17-16(11-15)20(23-22-17)18-12-19(25-7-9-28-10-8-25)21(27)26(24-18)14-3-4-14/h5-6,11-14H,3-4,7-10H2,1-2H3,(H,22,23). The molecule has 1 aromatic carbocycles. The van der Waals surface area contributed by atoms with Crippen molar-refractivity contribution in [2.75, 3.05) is 31.2 Å². The lowest BCUT2D eigenvalue weighted by Crippen LogP contribution is -2.40. The van der Waals surface area contributed by atoms with Crippen LogP contribution in [0.5, 0.6) is 5.75 Å². The SMILES string of the molecule is CC(C)Oc1ccc2[nH]nc(-c3cc(N4CCOCC4)c(=O)n(C4CC4)n3)c2c1. The van der Waals surface area contributed by atoms with Crippen molar-refractivity contribution in [3.8, 4) is 17.1 Å². The molecular weight excluding hydrogens is 370 g/mol. The van der Waals surface area contributed by atoms with Crippen molar-refractivity contribution in [1.82, 2.24) is 20.0 Å². The van der Waals surface area contributed by atoms with Crippen LogP contribution in [-0.2, 0) is 4.74 Å². The van der Waals surface area contributed by atoms with Crippen molar-refractivity contribution in [1.29, 1.82) is 0 Å². The van der Waals surface area contributed by atoms with Crippen molar-refractivity contribution in [2.24, 2.45) is 0 Å². The summed E-state index contributed by atoms with van der Waals surface area (Å²) in [6.07, 6.45) is 2.07. The monoisotopic (exact) mass is 395 g/mol. The second-order valence-corrected chi connectivity index (χ2v) is 7.94. The topological polar surface area (TPSA) is 85.3 Å². The van der Waals surface area contributed by atoms with E-state index >= 15 is 0 Å². The van der Waals surface area contributed by atoms with Gasteiger partial charge in [-0.3, -0.25) is 9.89 Å². The highest BCUT2D eigenvalue weighted by molar-refractivity contribution is 5.93. The molecule has 3 aromatic rings. The average molecular weight is 395 g/mol. The summed E-state index contributed by atoms with van der Waals surface area (Å²) in [5.41, 5.74) is 3.00. The van der Waals surface area contributed by atoms with Crippen molar-refractivity contribution in [3.05, 3.63) is 34.6 Å². The fourth-order valence-electron chi connectivity index (χ4n) is 3.75. The second-order valence-electron chi connectivity index (χ2n) is 7.94. The Kier molecular flexibility index (Phi) is 4.50. The Labute approximate surface area is 168 Å². The van der Waals surface area contributed by atoms with Crippen molar-refractivity contribution >= 4 is 16.6 Å². The van der Waals surface area contributed by atoms with E-state index in [1.54, 1.807) is 4.68 Å². The molecule has 1 aliphatic heterocycles. The first-order chi connectivity index (χ1) is 14.1. The van der Waals surface area contributed by atoms with Gasteiger partial charge in [0.05, 0.1) is 30.9 Å². The fourth-order valence-corrected chi connectivity index (χ4v) is 3.75. The first-order valence-corrected chi connectivity index (χ1v) is 10.2. The maximum Gasteiger partial charge on any atom is 0.290 e. The summed E-state index contributed by atoms with van der Waals surface area (Å²) in [7, 11) is 0. The van der Waals surface area contributed by atoms with E-state index in [1.165, 1.54) is 0 Å². The molecule has 5 rings (SSSR count). The van der Waals surface area contributed by atoms with Gasteiger partial charge in [-0.05, 0) is 51.0 Å². The van der Waals surface area contributed by atoms with Crippen LogP contribution in [0.15, 0.2) is 29.1 Å². The van der Waals surface area contributed by atoms with Crippen LogP contribution in [0.25, 0.3) is 22.3 Å². The van der Waals surface area contributed by atoms with Crippen LogP contribution in [0, 0.1) is 0 Å². The van der Waals surface area contributed by atoms with Gasteiger partial charge in [0.2, 0.25) is 0 Å². The first kappa shape index (κ1) is 18.2. The van der Waals surface area contributed by atoms with Crippen LogP contribution >= 0.6 is 0 Å². The van der Waals surface area contributed by atoms with Crippen LogP contribution < -0.4 is 15.2 Å². The maximum atomic E-state index is 13.1. The molecule has 0 radical (unpaired) electrons. The number of nitrogens with zero attached hydrogens (tertiary/aromatic N) is 4. The number of benzene rings is 1. The molecule has 2 fully saturated rings. The Bertz CT molecular complexity index is 1090. The summed E-state index contributed by atoms with van der Waals surface area (Å²) in [6.45, 7) is 6.67. The van der Waals surface area contributed by atoms with Crippen LogP contribution in [0.2, 0.25) is 0 Å². The van der Waals surface area contributed by atoms with Gasteiger partial charge in [-0.2, -0.15) is 10.2 Å². The average Bonchev–Trinajstić information content (AvgIpc) is 3.48. The van der Waals surface area contributed by atoms with Gasteiger partial charge >= 0.3 is 0 Å². The Morgan fingerprint density at radius 2 is 2.00 bits per heavy atom. The summed E-state index contributed by atoms with van der Waals surface area (Å²) >= 11 is 0. The van der Waals surface area contributed by atoms with E-state index in [2.05, 4.69) is 15.1 Å². The highest BCUT2D eigenvalue weighted by atomic mass is 16.5. The molecule has 29 heavy (non-hydrogen) atoms. The number of H-pyrrole nitrogens is 1. The molecule has 2 aromatic heterocycles. The van der Waals surface area contributed by atoms with Gasteiger partial charge in [0.1, 0.15) is 22.8 Å². The molecule has 0 unspecified atom stereocenters. The number of hydrogen-bond donors (Lipinski definition) is 1. The zero-order chi connectivity index (χ0) is 20.0. The number of aromatic amines is 1. The lowest BCUT2D eigenvalue weighted by Gasteiger charge is -2.28. The van der Waals surface area contributed by atoms with Gasteiger partial charge in [0, 0.05) is 18.5 Å². The number of ether oxygens (including phenoxy) is 2. The minimum absolute atomic E-state index is 0.0261. The predicted molar refractivity (Wildman–Crippen MR) is 111 cm³/mol. The number of fused-ring (bicyclic) bond motifs is 1. The minimum Gasteiger partial charge on any atom is -0.491 e. The number of rotatable bonds is 5. The summed E-state index contributed by atoms with van der Waals surface area (Å²) in [5, 5.41) is 13.2. The largest absolute Gasteiger partial charge is 0.491 e. The molecule has 1 N–H and O–H groups in total. The lowest BCUT2D eigenvalue weighted by atomic mass is 10.1. The third kappa shape index (κ3) is 3.48. The van der Waals surface area contributed by atoms with Crippen LogP contribution in [0.1, 0.15) is 32.7 Å². The molecule has 0 atom stereocenters. The third-order valence-electron chi connectivity index (χ3n) is 5.31. The molecular formula is C21H25N5O3. The molecule has 3 heterocycles. The predicted octanol–water partition coefficient (Wildman–Crippen LogP) is 2.75. The smallest absolute Gasteiger partial charge is 0.290 e. The number of hydrogen-bond acceptors (Lipinski definition) is 6. The summed E-state index contributed by atoms with van der Waals surface area (Å²) < 4.78 is 13.0. The highest BCUT2D eigenvalue weighted by Crippen LogP contribution is 2.35. The van der Waals surface area contributed by atoms with Crippen LogP contribution in [0.3, 0.4) is 0 Å². The molecule has 152 valence electrons. The molecule has 1 saturated heterocycles. The van der Waals surface area contributed by atoms with E-state index in [0.717, 1.165) is 35.2 Å². The first-order valence-electron chi connectivity index (χ1n) is 10.2. The van der Waals surface area contributed by atoms with E-state index in [0.29, 0.717) is 37.7 Å². The number of nitrogens with one attached hydrogen (secondary N) is 1. The fraction of sp³-hybridized carbons (Fsp3) is 0.476. The van der Waals surface area contributed by atoms with E-state index in [-0.39, 0.29) is 17.7 Å². The quantitative estimate of drug-likeness (QED) is 0.715. The normalized spacial score (nSPS) is 17.3. The van der Waals surface area contributed by atoms with E-state index in [9.17, 15) is 4.79 Å².